The van der Waals surface area contributed by atoms with Crippen LogP contribution in [0.1, 0.15) is 41.6 Å². The Balaban J connectivity index is 2.04. The molecule has 0 spiro atoms. The lowest BCUT2D eigenvalue weighted by Crippen LogP contribution is -2.40. The van der Waals surface area contributed by atoms with Gasteiger partial charge in [0.15, 0.2) is 0 Å². The Morgan fingerprint density at radius 2 is 1.88 bits per heavy atom. The lowest BCUT2D eigenvalue weighted by molar-refractivity contribution is 0.0696. The van der Waals surface area contributed by atoms with Crippen molar-refractivity contribution in [3.05, 3.63) is 35.4 Å². The summed E-state index contributed by atoms with van der Waals surface area (Å²) in [7, 11) is -3.72. The molecule has 1 saturated heterocycles. The standard InChI is InChI=1S/C17H21NO5S/c19-17(20)15-10-14(13-4-2-1-3-5-13)11-16(12-15)24(21,22)18-6-8-23-9-7-18/h4,10-12H,1-3,5-9H2,(H,19,20). The first-order valence-corrected chi connectivity index (χ1v) is 9.58. The third kappa shape index (κ3) is 3.53. The average Bonchev–Trinajstić information content (AvgIpc) is 2.62. The van der Waals surface area contributed by atoms with E-state index in [-0.39, 0.29) is 23.5 Å². The van der Waals surface area contributed by atoms with E-state index in [0.29, 0.717) is 18.8 Å². The van der Waals surface area contributed by atoms with E-state index in [1.165, 1.54) is 10.4 Å². The van der Waals surface area contributed by atoms with Crippen LogP contribution < -0.4 is 0 Å². The molecule has 0 bridgehead atoms. The SMILES string of the molecule is O=C(O)c1cc(C2=CCCCC2)cc(S(=O)(=O)N2CCOCC2)c1. The summed E-state index contributed by atoms with van der Waals surface area (Å²) >= 11 is 0. The fourth-order valence-corrected chi connectivity index (χ4v) is 4.57. The van der Waals surface area contributed by atoms with Crippen LogP contribution in [-0.4, -0.2) is 50.1 Å². The van der Waals surface area contributed by atoms with Gasteiger partial charge in [-0.2, -0.15) is 4.31 Å². The second-order valence-electron chi connectivity index (χ2n) is 6.04. The predicted octanol–water partition coefficient (Wildman–Crippen LogP) is 2.36. The molecule has 1 aromatic carbocycles. The summed E-state index contributed by atoms with van der Waals surface area (Å²) in [5, 5.41) is 9.36. The topological polar surface area (TPSA) is 83.9 Å². The highest BCUT2D eigenvalue weighted by atomic mass is 32.2. The van der Waals surface area contributed by atoms with Crippen molar-refractivity contribution < 1.29 is 23.1 Å². The quantitative estimate of drug-likeness (QED) is 0.900. The zero-order valence-corrected chi connectivity index (χ0v) is 14.2. The molecule has 6 nitrogen and oxygen atoms in total. The molecular weight excluding hydrogens is 330 g/mol. The zero-order valence-electron chi connectivity index (χ0n) is 13.4. The minimum atomic E-state index is -3.72. The Hall–Kier alpha value is -1.70. The molecule has 0 unspecified atom stereocenters. The number of hydrogen-bond donors (Lipinski definition) is 1. The molecule has 0 aromatic heterocycles. The minimum absolute atomic E-state index is 0.00538. The summed E-state index contributed by atoms with van der Waals surface area (Å²) in [5.74, 6) is -1.12. The number of nitrogens with zero attached hydrogens (tertiary/aromatic N) is 1. The minimum Gasteiger partial charge on any atom is -0.478 e. The van der Waals surface area contributed by atoms with E-state index in [2.05, 4.69) is 6.08 Å². The van der Waals surface area contributed by atoms with Gasteiger partial charge in [-0.15, -0.1) is 0 Å². The van der Waals surface area contributed by atoms with Gasteiger partial charge in [-0.05, 0) is 55.0 Å². The van der Waals surface area contributed by atoms with Gasteiger partial charge in [0.1, 0.15) is 0 Å². The van der Waals surface area contributed by atoms with E-state index >= 15 is 0 Å². The highest BCUT2D eigenvalue weighted by Gasteiger charge is 2.28. The molecule has 1 aliphatic carbocycles. The van der Waals surface area contributed by atoms with Crippen molar-refractivity contribution in [2.45, 2.75) is 30.6 Å². The van der Waals surface area contributed by atoms with Crippen molar-refractivity contribution in [2.24, 2.45) is 0 Å². The maximum atomic E-state index is 12.9. The molecule has 0 amide bonds. The van der Waals surface area contributed by atoms with E-state index in [1.54, 1.807) is 12.1 Å². The van der Waals surface area contributed by atoms with Crippen molar-refractivity contribution in [3.63, 3.8) is 0 Å². The summed E-state index contributed by atoms with van der Waals surface area (Å²) in [6, 6.07) is 4.42. The van der Waals surface area contributed by atoms with Gasteiger partial charge in [0.05, 0.1) is 23.7 Å². The van der Waals surface area contributed by atoms with Gasteiger partial charge in [0.25, 0.3) is 0 Å². The molecule has 1 aliphatic heterocycles. The third-order valence-corrected chi connectivity index (χ3v) is 6.30. The normalized spacial score (nSPS) is 19.8. The van der Waals surface area contributed by atoms with E-state index in [0.717, 1.165) is 31.3 Å². The molecule has 2 aliphatic rings. The summed E-state index contributed by atoms with van der Waals surface area (Å²) in [6.45, 7) is 1.29. The summed E-state index contributed by atoms with van der Waals surface area (Å²) < 4.78 is 32.3. The number of carbonyl (C=O) groups is 1. The van der Waals surface area contributed by atoms with Crippen LogP contribution in [0.25, 0.3) is 5.57 Å². The van der Waals surface area contributed by atoms with Crippen LogP contribution in [-0.2, 0) is 14.8 Å². The molecule has 0 radical (unpaired) electrons. The Labute approximate surface area is 141 Å². The van der Waals surface area contributed by atoms with Crippen LogP contribution in [0.4, 0.5) is 0 Å². The molecule has 1 heterocycles. The number of sulfonamides is 1. The average molecular weight is 351 g/mol. The monoisotopic (exact) mass is 351 g/mol. The van der Waals surface area contributed by atoms with E-state index in [1.807, 2.05) is 0 Å². The third-order valence-electron chi connectivity index (χ3n) is 4.42. The molecule has 0 atom stereocenters. The van der Waals surface area contributed by atoms with E-state index < -0.39 is 16.0 Å². The maximum absolute atomic E-state index is 12.9. The Morgan fingerprint density at radius 3 is 2.50 bits per heavy atom. The molecule has 1 N–H and O–H groups in total. The molecule has 24 heavy (non-hydrogen) atoms. The van der Waals surface area contributed by atoms with Gasteiger partial charge in [0, 0.05) is 13.1 Å². The number of carboxylic acids is 1. The van der Waals surface area contributed by atoms with Crippen molar-refractivity contribution in [1.29, 1.82) is 0 Å². The highest BCUT2D eigenvalue weighted by molar-refractivity contribution is 7.89. The molecule has 0 saturated carbocycles. The van der Waals surface area contributed by atoms with Crippen molar-refractivity contribution in [3.8, 4) is 0 Å². The van der Waals surface area contributed by atoms with E-state index in [9.17, 15) is 18.3 Å². The van der Waals surface area contributed by atoms with Gasteiger partial charge in [0.2, 0.25) is 10.0 Å². The first kappa shape index (κ1) is 17.1. The molecule has 7 heteroatoms. The lowest BCUT2D eigenvalue weighted by Gasteiger charge is -2.26. The smallest absolute Gasteiger partial charge is 0.335 e. The number of hydrogen-bond acceptors (Lipinski definition) is 4. The number of carboxylic acid groups (broad SMARTS) is 1. The maximum Gasteiger partial charge on any atom is 0.335 e. The predicted molar refractivity (Wildman–Crippen MR) is 89.4 cm³/mol. The van der Waals surface area contributed by atoms with Crippen LogP contribution in [0, 0.1) is 0 Å². The molecule has 3 rings (SSSR count). The van der Waals surface area contributed by atoms with Crippen LogP contribution in [0.5, 0.6) is 0 Å². The Kier molecular flexibility index (Phi) is 5.03. The number of rotatable bonds is 4. The number of morpholine rings is 1. The molecular formula is C17H21NO5S. The van der Waals surface area contributed by atoms with Crippen molar-refractivity contribution in [1.82, 2.24) is 4.31 Å². The fraction of sp³-hybridized carbons (Fsp3) is 0.471. The largest absolute Gasteiger partial charge is 0.478 e. The molecule has 1 aromatic rings. The summed E-state index contributed by atoms with van der Waals surface area (Å²) in [4.78, 5) is 11.5. The summed E-state index contributed by atoms with van der Waals surface area (Å²) in [6.07, 6.45) is 6.02. The second-order valence-corrected chi connectivity index (χ2v) is 7.98. The van der Waals surface area contributed by atoms with Gasteiger partial charge in [-0.3, -0.25) is 0 Å². The van der Waals surface area contributed by atoms with Gasteiger partial charge >= 0.3 is 5.97 Å². The molecule has 130 valence electrons. The second kappa shape index (κ2) is 7.04. The zero-order chi connectivity index (χ0) is 17.2. The highest BCUT2D eigenvalue weighted by Crippen LogP contribution is 2.30. The van der Waals surface area contributed by atoms with Crippen LogP contribution in [0.2, 0.25) is 0 Å². The van der Waals surface area contributed by atoms with Gasteiger partial charge < -0.3 is 9.84 Å². The molecule has 1 fully saturated rings. The lowest BCUT2D eigenvalue weighted by atomic mass is 9.93. The fourth-order valence-electron chi connectivity index (χ4n) is 3.09. The first-order chi connectivity index (χ1) is 11.5. The van der Waals surface area contributed by atoms with Crippen molar-refractivity contribution >= 4 is 21.6 Å². The number of benzene rings is 1. The number of ether oxygens (including phenoxy) is 1. The number of allylic oxidation sites excluding steroid dienone is 2. The van der Waals surface area contributed by atoms with Crippen molar-refractivity contribution in [2.75, 3.05) is 26.3 Å². The van der Waals surface area contributed by atoms with Crippen LogP contribution in [0.3, 0.4) is 0 Å². The Bertz CT molecular complexity index is 763. The number of aromatic carboxylic acids is 1. The Morgan fingerprint density at radius 1 is 1.12 bits per heavy atom. The van der Waals surface area contributed by atoms with Crippen LogP contribution >= 0.6 is 0 Å². The summed E-state index contributed by atoms with van der Waals surface area (Å²) in [5.41, 5.74) is 1.73. The van der Waals surface area contributed by atoms with Gasteiger partial charge in [-0.1, -0.05) is 6.08 Å². The first-order valence-electron chi connectivity index (χ1n) is 8.14. The van der Waals surface area contributed by atoms with Gasteiger partial charge in [-0.25, -0.2) is 13.2 Å². The van der Waals surface area contributed by atoms with E-state index in [4.69, 9.17) is 4.74 Å². The van der Waals surface area contributed by atoms with Crippen LogP contribution in [0.15, 0.2) is 29.2 Å².